The molecular formula is C19H18NO5-. The molecular weight excluding hydrogens is 322 g/mol. The molecule has 0 saturated carbocycles. The second-order valence-electron chi connectivity index (χ2n) is 5.40. The largest absolute Gasteiger partial charge is 0.548 e. The van der Waals surface area contributed by atoms with Gasteiger partial charge in [0.15, 0.2) is 0 Å². The molecule has 0 radical (unpaired) electrons. The van der Waals surface area contributed by atoms with E-state index >= 15 is 0 Å². The minimum atomic E-state index is -1.44. The van der Waals surface area contributed by atoms with E-state index < -0.39 is 23.9 Å². The van der Waals surface area contributed by atoms with Crippen molar-refractivity contribution in [2.24, 2.45) is 0 Å². The van der Waals surface area contributed by atoms with Gasteiger partial charge in [0.25, 0.3) is 5.91 Å². The molecule has 25 heavy (non-hydrogen) atoms. The van der Waals surface area contributed by atoms with Crippen LogP contribution in [0.2, 0.25) is 0 Å². The zero-order valence-electron chi connectivity index (χ0n) is 13.5. The Hall–Kier alpha value is -3.15. The van der Waals surface area contributed by atoms with Gasteiger partial charge in [0.1, 0.15) is 6.61 Å². The number of nitrogens with one attached hydrogen (secondary N) is 1. The number of carboxylic acid groups (broad SMARTS) is 1. The van der Waals surface area contributed by atoms with Crippen molar-refractivity contribution in [1.82, 2.24) is 5.32 Å². The smallest absolute Gasteiger partial charge is 0.306 e. The lowest BCUT2D eigenvalue weighted by Crippen LogP contribution is -2.48. The normalized spacial score (nSPS) is 11.4. The maximum atomic E-state index is 12.0. The molecule has 6 heteroatoms. The highest BCUT2D eigenvalue weighted by Crippen LogP contribution is 2.06. The van der Waals surface area contributed by atoms with Crippen molar-refractivity contribution < 1.29 is 24.2 Å². The van der Waals surface area contributed by atoms with Gasteiger partial charge in [0.05, 0.1) is 12.0 Å². The number of benzene rings is 2. The summed E-state index contributed by atoms with van der Waals surface area (Å²) in [5.74, 6) is -2.52. The molecule has 1 atom stereocenters. The highest BCUT2D eigenvalue weighted by atomic mass is 16.5. The third-order valence-electron chi connectivity index (χ3n) is 3.51. The van der Waals surface area contributed by atoms with Gasteiger partial charge < -0.3 is 20.0 Å². The van der Waals surface area contributed by atoms with E-state index in [1.165, 1.54) is 0 Å². The van der Waals surface area contributed by atoms with Crippen molar-refractivity contribution in [2.75, 3.05) is 0 Å². The number of hydrogen-bond acceptors (Lipinski definition) is 5. The molecule has 2 aromatic rings. The average molecular weight is 340 g/mol. The van der Waals surface area contributed by atoms with Gasteiger partial charge in [-0.05, 0) is 24.1 Å². The van der Waals surface area contributed by atoms with Crippen LogP contribution in [0.4, 0.5) is 0 Å². The third kappa shape index (κ3) is 6.10. The summed E-state index contributed by atoms with van der Waals surface area (Å²) in [6.45, 7) is 0.117. The molecule has 0 aromatic heterocycles. The minimum absolute atomic E-state index is 0.103. The predicted octanol–water partition coefficient (Wildman–Crippen LogP) is 1.06. The monoisotopic (exact) mass is 340 g/mol. The maximum absolute atomic E-state index is 12.0. The number of amides is 1. The van der Waals surface area contributed by atoms with Gasteiger partial charge in [0, 0.05) is 12.0 Å². The van der Waals surface area contributed by atoms with Gasteiger partial charge in [-0.1, -0.05) is 48.5 Å². The summed E-state index contributed by atoms with van der Waals surface area (Å²) in [5, 5.41) is 13.5. The maximum Gasteiger partial charge on any atom is 0.306 e. The number of ether oxygens (including phenoxy) is 1. The topological polar surface area (TPSA) is 95.5 Å². The molecule has 0 bridgehead atoms. The van der Waals surface area contributed by atoms with Crippen LogP contribution in [-0.2, 0) is 20.9 Å². The summed E-state index contributed by atoms with van der Waals surface area (Å²) >= 11 is 0. The lowest BCUT2D eigenvalue weighted by atomic mass is 10.1. The highest BCUT2D eigenvalue weighted by Gasteiger charge is 2.17. The van der Waals surface area contributed by atoms with Gasteiger partial charge >= 0.3 is 5.97 Å². The number of hydrogen-bond donors (Lipinski definition) is 1. The van der Waals surface area contributed by atoms with E-state index in [0.29, 0.717) is 5.56 Å². The van der Waals surface area contributed by atoms with Crippen molar-refractivity contribution in [3.05, 3.63) is 71.8 Å². The fourth-order valence-corrected chi connectivity index (χ4v) is 2.15. The molecule has 0 fully saturated rings. The second kappa shape index (κ2) is 9.22. The van der Waals surface area contributed by atoms with Crippen LogP contribution in [-0.4, -0.2) is 23.9 Å². The predicted molar refractivity (Wildman–Crippen MR) is 88.2 cm³/mol. The van der Waals surface area contributed by atoms with Gasteiger partial charge in [-0.3, -0.25) is 9.59 Å². The number of rotatable bonds is 8. The fourth-order valence-electron chi connectivity index (χ4n) is 2.15. The molecule has 0 aliphatic carbocycles. The Labute approximate surface area is 145 Å². The molecule has 0 aliphatic rings. The van der Waals surface area contributed by atoms with Crippen molar-refractivity contribution in [2.45, 2.75) is 25.5 Å². The summed E-state index contributed by atoms with van der Waals surface area (Å²) < 4.78 is 5.08. The van der Waals surface area contributed by atoms with Crippen LogP contribution in [0.5, 0.6) is 0 Å². The standard InChI is InChI=1S/C19H19NO5/c21-17(25-13-14-7-3-1-4-8-14)12-11-16(19(23)24)20-18(22)15-9-5-2-6-10-15/h1-10,16H,11-13H2,(H,20,22)(H,23,24)/p-1/t16-/m1/s1. The molecule has 6 nitrogen and oxygen atoms in total. The number of esters is 1. The van der Waals surface area contributed by atoms with E-state index in [9.17, 15) is 19.5 Å². The van der Waals surface area contributed by atoms with Crippen LogP contribution in [0.1, 0.15) is 28.8 Å². The first-order valence-electron chi connectivity index (χ1n) is 7.82. The van der Waals surface area contributed by atoms with E-state index in [2.05, 4.69) is 5.32 Å². The molecule has 2 rings (SSSR count). The van der Waals surface area contributed by atoms with Gasteiger partial charge in [-0.15, -0.1) is 0 Å². The molecule has 0 saturated heterocycles. The van der Waals surface area contributed by atoms with Crippen LogP contribution in [0.3, 0.4) is 0 Å². The fraction of sp³-hybridized carbons (Fsp3) is 0.211. The summed E-state index contributed by atoms with van der Waals surface area (Å²) in [6, 6.07) is 16.1. The summed E-state index contributed by atoms with van der Waals surface area (Å²) in [4.78, 5) is 34.9. The van der Waals surface area contributed by atoms with E-state index in [1.54, 1.807) is 30.3 Å². The van der Waals surface area contributed by atoms with Crippen LogP contribution in [0.15, 0.2) is 60.7 Å². The van der Waals surface area contributed by atoms with Gasteiger partial charge in [0.2, 0.25) is 0 Å². The first-order valence-corrected chi connectivity index (χ1v) is 7.82. The second-order valence-corrected chi connectivity index (χ2v) is 5.40. The Morgan fingerprint density at radius 2 is 1.56 bits per heavy atom. The highest BCUT2D eigenvalue weighted by molar-refractivity contribution is 5.96. The van der Waals surface area contributed by atoms with E-state index in [1.807, 2.05) is 30.3 Å². The first kappa shape index (κ1) is 18.2. The first-order chi connectivity index (χ1) is 12.1. The minimum Gasteiger partial charge on any atom is -0.548 e. The SMILES string of the molecule is O=C(CC[C@@H](NC(=O)c1ccccc1)C(=O)[O-])OCc1ccccc1. The molecule has 0 spiro atoms. The lowest BCUT2D eigenvalue weighted by molar-refractivity contribution is -0.308. The van der Waals surface area contributed by atoms with E-state index in [4.69, 9.17) is 4.74 Å². The molecule has 1 N–H and O–H groups in total. The molecule has 1 amide bonds. The summed E-state index contributed by atoms with van der Waals surface area (Å²) in [7, 11) is 0. The third-order valence-corrected chi connectivity index (χ3v) is 3.51. The molecule has 0 aliphatic heterocycles. The molecule has 2 aromatic carbocycles. The van der Waals surface area contributed by atoms with Crippen molar-refractivity contribution >= 4 is 17.8 Å². The number of aliphatic carboxylic acids is 1. The van der Waals surface area contributed by atoms with Crippen molar-refractivity contribution in [3.8, 4) is 0 Å². The Morgan fingerprint density at radius 1 is 0.960 bits per heavy atom. The van der Waals surface area contributed by atoms with Crippen LogP contribution >= 0.6 is 0 Å². The Balaban J connectivity index is 1.82. The average Bonchev–Trinajstić information content (AvgIpc) is 2.64. The number of carbonyl (C=O) groups excluding carboxylic acids is 3. The Bertz CT molecular complexity index is 715. The summed E-state index contributed by atoms with van der Waals surface area (Å²) in [5.41, 5.74) is 1.17. The molecule has 130 valence electrons. The van der Waals surface area contributed by atoms with Crippen LogP contribution in [0.25, 0.3) is 0 Å². The van der Waals surface area contributed by atoms with Crippen LogP contribution in [0, 0.1) is 0 Å². The summed E-state index contributed by atoms with van der Waals surface area (Å²) in [6.07, 6.45) is -0.241. The lowest BCUT2D eigenvalue weighted by Gasteiger charge is -2.19. The zero-order valence-corrected chi connectivity index (χ0v) is 13.5. The van der Waals surface area contributed by atoms with Crippen molar-refractivity contribution in [3.63, 3.8) is 0 Å². The number of carbonyl (C=O) groups is 3. The van der Waals surface area contributed by atoms with E-state index in [-0.39, 0.29) is 19.4 Å². The molecule has 0 heterocycles. The molecule has 0 unspecified atom stereocenters. The zero-order chi connectivity index (χ0) is 18.1. The van der Waals surface area contributed by atoms with Crippen molar-refractivity contribution in [1.29, 1.82) is 0 Å². The Morgan fingerprint density at radius 3 is 2.16 bits per heavy atom. The number of carboxylic acids is 1. The van der Waals surface area contributed by atoms with Crippen LogP contribution < -0.4 is 10.4 Å². The van der Waals surface area contributed by atoms with E-state index in [0.717, 1.165) is 5.56 Å². The van der Waals surface area contributed by atoms with Gasteiger partial charge in [-0.25, -0.2) is 0 Å². The Kier molecular flexibility index (Phi) is 6.71. The quantitative estimate of drug-likeness (QED) is 0.725. The van der Waals surface area contributed by atoms with Gasteiger partial charge in [-0.2, -0.15) is 0 Å².